The molecule has 0 bridgehead atoms. The van der Waals surface area contributed by atoms with Crippen LogP contribution in [0, 0.1) is 10.1 Å². The number of nitro benzene ring substituents is 1. The van der Waals surface area contributed by atoms with Crippen LogP contribution in [0.15, 0.2) is 76.7 Å². The monoisotopic (exact) mass is 394 g/mol. The molecule has 0 saturated heterocycles. The summed E-state index contributed by atoms with van der Waals surface area (Å²) in [5, 5.41) is 20.8. The normalized spacial score (nSPS) is 12.2. The minimum Gasteiger partial charge on any atom is -0.271 e. The number of hydrogen-bond acceptors (Lipinski definition) is 6. The second-order valence-corrected chi connectivity index (χ2v) is 7.71. The van der Waals surface area contributed by atoms with Gasteiger partial charge in [0, 0.05) is 17.2 Å². The number of fused-ring (bicyclic) bond motifs is 3. The smallest absolute Gasteiger partial charge is 0.271 e. The van der Waals surface area contributed by atoms with Crippen LogP contribution in [-0.4, -0.2) is 19.1 Å². The molecule has 1 aliphatic rings. The zero-order chi connectivity index (χ0) is 19.9. The lowest BCUT2D eigenvalue weighted by Gasteiger charge is -2.06. The van der Waals surface area contributed by atoms with E-state index < -0.39 is 20.6 Å². The molecule has 0 aromatic heterocycles. The number of rotatable bonds is 4. The SMILES string of the molecule is NS(=O)(=O)c1ccc(NN=C2c3ccccc3-c3ccccc32)c([N+](=O)[O-])c1. The van der Waals surface area contributed by atoms with Crippen molar-refractivity contribution in [2.75, 3.05) is 5.43 Å². The van der Waals surface area contributed by atoms with E-state index in [1.165, 1.54) is 12.1 Å². The van der Waals surface area contributed by atoms with Gasteiger partial charge in [-0.2, -0.15) is 5.10 Å². The number of primary sulfonamides is 1. The van der Waals surface area contributed by atoms with E-state index in [4.69, 9.17) is 5.14 Å². The predicted octanol–water partition coefficient (Wildman–Crippen LogP) is 3.09. The minimum atomic E-state index is -4.05. The molecule has 4 rings (SSSR count). The van der Waals surface area contributed by atoms with E-state index >= 15 is 0 Å². The molecular formula is C19H14N4O4S. The van der Waals surface area contributed by atoms with Gasteiger partial charge in [0.25, 0.3) is 5.69 Å². The van der Waals surface area contributed by atoms with E-state index in [1.807, 2.05) is 48.5 Å². The molecule has 0 atom stereocenters. The largest absolute Gasteiger partial charge is 0.295 e. The second-order valence-electron chi connectivity index (χ2n) is 6.14. The van der Waals surface area contributed by atoms with Gasteiger partial charge in [-0.15, -0.1) is 0 Å². The fraction of sp³-hybridized carbons (Fsp3) is 0. The van der Waals surface area contributed by atoms with Gasteiger partial charge in [0.1, 0.15) is 5.69 Å². The Kier molecular flexibility index (Phi) is 4.17. The van der Waals surface area contributed by atoms with E-state index in [-0.39, 0.29) is 10.6 Å². The van der Waals surface area contributed by atoms with Crippen molar-refractivity contribution in [1.82, 2.24) is 0 Å². The molecule has 28 heavy (non-hydrogen) atoms. The van der Waals surface area contributed by atoms with Crippen LogP contribution in [0.1, 0.15) is 11.1 Å². The van der Waals surface area contributed by atoms with Crippen LogP contribution in [0.25, 0.3) is 11.1 Å². The highest BCUT2D eigenvalue weighted by molar-refractivity contribution is 7.89. The van der Waals surface area contributed by atoms with Gasteiger partial charge in [0.15, 0.2) is 0 Å². The zero-order valence-corrected chi connectivity index (χ0v) is 15.2. The molecule has 0 radical (unpaired) electrons. The molecule has 3 N–H and O–H groups in total. The summed E-state index contributed by atoms with van der Waals surface area (Å²) in [6.45, 7) is 0. The standard InChI is InChI=1S/C19H14N4O4S/c20-28(26,27)12-9-10-17(18(11-12)23(24)25)21-22-19-15-7-3-1-5-13(15)14-6-2-4-8-16(14)19/h1-11,21H,(H2,20,26,27). The fourth-order valence-corrected chi connectivity index (χ4v) is 3.70. The lowest BCUT2D eigenvalue weighted by molar-refractivity contribution is -0.384. The third-order valence-corrected chi connectivity index (χ3v) is 5.35. The van der Waals surface area contributed by atoms with Crippen LogP contribution in [0.2, 0.25) is 0 Å². The molecule has 8 nitrogen and oxygen atoms in total. The highest BCUT2D eigenvalue weighted by Crippen LogP contribution is 2.37. The third kappa shape index (κ3) is 3.02. The maximum atomic E-state index is 11.5. The maximum Gasteiger partial charge on any atom is 0.295 e. The van der Waals surface area contributed by atoms with E-state index in [1.54, 1.807) is 0 Å². The number of nitrogens with zero attached hydrogens (tertiary/aromatic N) is 2. The summed E-state index contributed by atoms with van der Waals surface area (Å²) in [4.78, 5) is 10.3. The maximum absolute atomic E-state index is 11.5. The van der Waals surface area contributed by atoms with Gasteiger partial charge >= 0.3 is 0 Å². The number of nitro groups is 1. The van der Waals surface area contributed by atoms with Gasteiger partial charge in [-0.3, -0.25) is 15.5 Å². The fourth-order valence-electron chi connectivity index (χ4n) is 3.16. The molecule has 140 valence electrons. The Balaban J connectivity index is 1.79. The first-order valence-electron chi connectivity index (χ1n) is 8.20. The van der Waals surface area contributed by atoms with Crippen LogP contribution in [0.3, 0.4) is 0 Å². The molecule has 0 fully saturated rings. The van der Waals surface area contributed by atoms with Crippen LogP contribution < -0.4 is 10.6 Å². The van der Waals surface area contributed by atoms with Gasteiger partial charge in [0.2, 0.25) is 10.0 Å². The zero-order valence-electron chi connectivity index (χ0n) is 14.4. The van der Waals surface area contributed by atoms with Crippen molar-refractivity contribution >= 4 is 27.1 Å². The van der Waals surface area contributed by atoms with Crippen LogP contribution in [-0.2, 0) is 10.0 Å². The molecule has 0 heterocycles. The van der Waals surface area contributed by atoms with E-state index in [2.05, 4.69) is 10.5 Å². The van der Waals surface area contributed by atoms with Crippen molar-refractivity contribution in [1.29, 1.82) is 0 Å². The summed E-state index contributed by atoms with van der Waals surface area (Å²) >= 11 is 0. The van der Waals surface area contributed by atoms with Crippen molar-refractivity contribution in [3.8, 4) is 11.1 Å². The van der Waals surface area contributed by atoms with Gasteiger partial charge in [0.05, 0.1) is 15.5 Å². The molecule has 0 saturated carbocycles. The Bertz CT molecular complexity index is 1200. The molecule has 0 unspecified atom stereocenters. The predicted molar refractivity (Wildman–Crippen MR) is 106 cm³/mol. The van der Waals surface area contributed by atoms with Gasteiger partial charge in [-0.25, -0.2) is 13.6 Å². The highest BCUT2D eigenvalue weighted by atomic mass is 32.2. The average molecular weight is 394 g/mol. The van der Waals surface area contributed by atoms with Gasteiger partial charge in [-0.1, -0.05) is 48.5 Å². The quantitative estimate of drug-likeness (QED) is 0.406. The highest BCUT2D eigenvalue weighted by Gasteiger charge is 2.25. The number of anilines is 1. The first-order valence-corrected chi connectivity index (χ1v) is 9.75. The third-order valence-electron chi connectivity index (χ3n) is 4.44. The van der Waals surface area contributed by atoms with E-state index in [0.29, 0.717) is 5.71 Å². The molecule has 9 heteroatoms. The van der Waals surface area contributed by atoms with Gasteiger partial charge < -0.3 is 0 Å². The van der Waals surface area contributed by atoms with E-state index in [9.17, 15) is 18.5 Å². The Labute approximate surface area is 160 Å². The number of sulfonamides is 1. The summed E-state index contributed by atoms with van der Waals surface area (Å²) < 4.78 is 22.9. The second kappa shape index (κ2) is 6.55. The Morgan fingerprint density at radius 2 is 1.43 bits per heavy atom. The average Bonchev–Trinajstić information content (AvgIpc) is 2.99. The van der Waals surface area contributed by atoms with Crippen LogP contribution >= 0.6 is 0 Å². The van der Waals surface area contributed by atoms with Crippen LogP contribution in [0.4, 0.5) is 11.4 Å². The molecule has 1 aliphatic carbocycles. The van der Waals surface area contributed by atoms with Crippen molar-refractivity contribution in [3.05, 3.63) is 88.0 Å². The van der Waals surface area contributed by atoms with Gasteiger partial charge in [-0.05, 0) is 23.3 Å². The molecule has 0 aliphatic heterocycles. The van der Waals surface area contributed by atoms with Crippen molar-refractivity contribution in [2.45, 2.75) is 4.90 Å². The Hall–Kier alpha value is -3.56. The Morgan fingerprint density at radius 3 is 1.93 bits per heavy atom. The number of benzene rings is 3. The lowest BCUT2D eigenvalue weighted by Crippen LogP contribution is -2.12. The lowest BCUT2D eigenvalue weighted by atomic mass is 10.1. The number of nitrogens with one attached hydrogen (secondary N) is 1. The summed E-state index contributed by atoms with van der Waals surface area (Å²) in [6.07, 6.45) is 0. The molecular weight excluding hydrogens is 380 g/mol. The first kappa shape index (κ1) is 17.8. The number of nitrogens with two attached hydrogens (primary N) is 1. The summed E-state index contributed by atoms with van der Waals surface area (Å²) in [7, 11) is -4.05. The van der Waals surface area contributed by atoms with Crippen molar-refractivity contribution < 1.29 is 13.3 Å². The minimum absolute atomic E-state index is 0.0618. The summed E-state index contributed by atoms with van der Waals surface area (Å²) in [5.41, 5.74) is 6.84. The van der Waals surface area contributed by atoms with Crippen molar-refractivity contribution in [3.63, 3.8) is 0 Å². The van der Waals surface area contributed by atoms with Crippen LogP contribution in [0.5, 0.6) is 0 Å². The van der Waals surface area contributed by atoms with E-state index in [0.717, 1.165) is 28.3 Å². The summed E-state index contributed by atoms with van der Waals surface area (Å²) in [5.74, 6) is 0. The van der Waals surface area contributed by atoms with Crippen molar-refractivity contribution in [2.24, 2.45) is 10.2 Å². The number of hydrazone groups is 1. The number of hydrogen-bond donors (Lipinski definition) is 2. The molecule has 0 amide bonds. The Morgan fingerprint density at radius 1 is 0.893 bits per heavy atom. The molecule has 3 aromatic rings. The molecule has 3 aromatic carbocycles. The topological polar surface area (TPSA) is 128 Å². The summed E-state index contributed by atoms with van der Waals surface area (Å²) in [6, 6.07) is 18.9. The first-order chi connectivity index (χ1) is 13.4. The molecule has 0 spiro atoms.